The monoisotopic (exact) mass is 538 g/mol. The lowest BCUT2D eigenvalue weighted by Gasteiger charge is -2.39. The van der Waals surface area contributed by atoms with Crippen molar-refractivity contribution in [2.75, 3.05) is 13.7 Å². The first kappa shape index (κ1) is 28.7. The lowest BCUT2D eigenvalue weighted by molar-refractivity contribution is -0.140. The maximum atomic E-state index is 14.0. The molecule has 9 heteroatoms. The van der Waals surface area contributed by atoms with Gasteiger partial charge in [-0.1, -0.05) is 18.2 Å². The number of rotatable bonds is 8. The average Bonchev–Trinajstić information content (AvgIpc) is 3.37. The van der Waals surface area contributed by atoms with Crippen molar-refractivity contribution in [3.05, 3.63) is 70.5 Å². The second-order valence-corrected chi connectivity index (χ2v) is 11.3. The summed E-state index contributed by atoms with van der Waals surface area (Å²) in [5, 5.41) is 2.77. The van der Waals surface area contributed by atoms with Crippen LogP contribution in [0.15, 0.2) is 42.5 Å². The van der Waals surface area contributed by atoms with Crippen molar-refractivity contribution in [2.24, 2.45) is 5.92 Å². The Hall–Kier alpha value is -3.30. The number of carbonyl (C=O) groups excluding carboxylic acids is 3. The summed E-state index contributed by atoms with van der Waals surface area (Å²) in [7, 11) is 1.62. The van der Waals surface area contributed by atoms with E-state index in [4.69, 9.17) is 4.74 Å². The highest BCUT2D eigenvalue weighted by Gasteiger charge is 2.45. The fraction of sp³-hybridized carbons (Fsp3) is 0.500. The van der Waals surface area contributed by atoms with Crippen molar-refractivity contribution in [3.8, 4) is 0 Å². The van der Waals surface area contributed by atoms with E-state index in [1.54, 1.807) is 30.2 Å². The van der Waals surface area contributed by atoms with Crippen LogP contribution in [-0.2, 0) is 20.7 Å². The van der Waals surface area contributed by atoms with E-state index in [0.29, 0.717) is 24.8 Å². The zero-order valence-corrected chi connectivity index (χ0v) is 23.3. The molecule has 2 heterocycles. The molecule has 0 aliphatic carbocycles. The number of nitrogens with zero attached hydrogens (tertiary/aromatic N) is 1. The van der Waals surface area contributed by atoms with E-state index in [0.717, 1.165) is 23.1 Å². The number of nitrogens with one attached hydrogen (secondary N) is 3. The number of hydrazine groups is 1. The minimum Gasteiger partial charge on any atom is -0.377 e. The summed E-state index contributed by atoms with van der Waals surface area (Å²) in [5.74, 6) is -1.11. The van der Waals surface area contributed by atoms with Gasteiger partial charge < -0.3 is 15.0 Å². The topological polar surface area (TPSA) is 99.8 Å². The van der Waals surface area contributed by atoms with Gasteiger partial charge >= 0.3 is 0 Å². The Balaban J connectivity index is 1.44. The lowest BCUT2D eigenvalue weighted by Crippen LogP contribution is -2.52. The largest absolute Gasteiger partial charge is 0.377 e. The fourth-order valence-corrected chi connectivity index (χ4v) is 5.76. The summed E-state index contributed by atoms with van der Waals surface area (Å²) in [4.78, 5) is 40.5. The van der Waals surface area contributed by atoms with Gasteiger partial charge in [-0.25, -0.2) is 9.82 Å². The normalized spacial score (nSPS) is 23.4. The van der Waals surface area contributed by atoms with Gasteiger partial charge in [0, 0.05) is 24.6 Å². The van der Waals surface area contributed by atoms with Crippen molar-refractivity contribution in [1.82, 2.24) is 21.1 Å². The molecule has 2 aliphatic rings. The van der Waals surface area contributed by atoms with Gasteiger partial charge in [-0.2, -0.15) is 0 Å². The molecule has 2 fully saturated rings. The van der Waals surface area contributed by atoms with Crippen molar-refractivity contribution in [3.63, 3.8) is 0 Å². The second-order valence-electron chi connectivity index (χ2n) is 11.3. The van der Waals surface area contributed by atoms with Gasteiger partial charge in [-0.15, -0.1) is 0 Å². The Bertz CT molecular complexity index is 1230. The molecule has 0 saturated carbocycles. The summed E-state index contributed by atoms with van der Waals surface area (Å²) in [6, 6.07) is 11.4. The van der Waals surface area contributed by atoms with Crippen molar-refractivity contribution in [2.45, 2.75) is 77.1 Å². The van der Waals surface area contributed by atoms with Gasteiger partial charge in [0.15, 0.2) is 0 Å². The summed E-state index contributed by atoms with van der Waals surface area (Å²) < 4.78 is 19.7. The number of likely N-dealkylation sites (tertiary alicyclic amines) is 1. The third-order valence-corrected chi connectivity index (χ3v) is 8.16. The number of hydrogen-bond acceptors (Lipinski definition) is 5. The molecule has 2 saturated heterocycles. The minimum absolute atomic E-state index is 0.0266. The average molecular weight is 539 g/mol. The number of halogens is 1. The molecule has 4 rings (SSSR count). The molecule has 0 spiro atoms. The third-order valence-electron chi connectivity index (χ3n) is 8.16. The number of hydrogen-bond donors (Lipinski definition) is 3. The van der Waals surface area contributed by atoms with Crippen LogP contribution in [0.3, 0.4) is 0 Å². The van der Waals surface area contributed by atoms with Crippen LogP contribution in [0.5, 0.6) is 0 Å². The van der Waals surface area contributed by atoms with E-state index in [-0.39, 0.29) is 54.1 Å². The van der Waals surface area contributed by atoms with Crippen molar-refractivity contribution >= 4 is 17.7 Å². The van der Waals surface area contributed by atoms with Crippen LogP contribution in [0.25, 0.3) is 0 Å². The summed E-state index contributed by atoms with van der Waals surface area (Å²) in [5.41, 5.74) is 8.16. The molecule has 0 radical (unpaired) electrons. The zero-order chi connectivity index (χ0) is 28.3. The SMILES string of the molecule is COC(C)(C)[C@H]1CC[C@@H](c2cccc(F)c2)N1C(=O)CNC(=O)c1ccc(CC2CC(C)NNC2=O)c(C)c1. The molecule has 2 aliphatic heterocycles. The molecule has 8 nitrogen and oxygen atoms in total. The van der Waals surface area contributed by atoms with E-state index >= 15 is 0 Å². The quantitative estimate of drug-likeness (QED) is 0.477. The highest BCUT2D eigenvalue weighted by atomic mass is 19.1. The molecular weight excluding hydrogens is 499 g/mol. The molecule has 2 aromatic carbocycles. The molecule has 210 valence electrons. The Labute approximate surface area is 229 Å². The first-order valence-corrected chi connectivity index (χ1v) is 13.5. The van der Waals surface area contributed by atoms with Crippen molar-refractivity contribution in [1.29, 1.82) is 0 Å². The summed E-state index contributed by atoms with van der Waals surface area (Å²) >= 11 is 0. The van der Waals surface area contributed by atoms with Crippen LogP contribution >= 0.6 is 0 Å². The standard InChI is InChI=1S/C30H39FN4O4/c1-18-13-22(10-9-20(18)15-23-14-19(2)33-34-29(23)38)28(37)32-17-27(36)35-25(21-7-6-8-24(31)16-21)11-12-26(35)30(3,4)39-5/h6-10,13,16,19,23,25-26,33H,11-12,14-15,17H2,1-5H3,(H,32,37)(H,34,38)/t19?,23?,25-,26+/m0/s1. The molecule has 4 atom stereocenters. The number of methoxy groups -OCH3 is 1. The molecule has 0 bridgehead atoms. The van der Waals surface area contributed by atoms with E-state index in [9.17, 15) is 18.8 Å². The lowest BCUT2D eigenvalue weighted by atomic mass is 9.89. The van der Waals surface area contributed by atoms with Gasteiger partial charge in [0.1, 0.15) is 5.82 Å². The molecule has 0 aromatic heterocycles. The number of ether oxygens (including phenoxy) is 1. The Kier molecular flexibility index (Phi) is 8.71. The fourth-order valence-electron chi connectivity index (χ4n) is 5.76. The van der Waals surface area contributed by atoms with Gasteiger partial charge in [0.2, 0.25) is 11.8 Å². The van der Waals surface area contributed by atoms with Gasteiger partial charge in [0.05, 0.1) is 24.2 Å². The van der Waals surface area contributed by atoms with E-state index in [2.05, 4.69) is 16.2 Å². The van der Waals surface area contributed by atoms with E-state index in [1.165, 1.54) is 12.1 Å². The molecule has 2 aromatic rings. The predicted octanol–water partition coefficient (Wildman–Crippen LogP) is 3.59. The maximum Gasteiger partial charge on any atom is 0.251 e. The van der Waals surface area contributed by atoms with Gasteiger partial charge in [-0.05, 0) is 94.3 Å². The third kappa shape index (κ3) is 6.47. The maximum absolute atomic E-state index is 14.0. The molecule has 3 N–H and O–H groups in total. The zero-order valence-electron chi connectivity index (χ0n) is 23.3. The molecule has 2 unspecified atom stereocenters. The van der Waals surface area contributed by atoms with Gasteiger partial charge in [-0.3, -0.25) is 19.8 Å². The summed E-state index contributed by atoms with van der Waals surface area (Å²) in [6.07, 6.45) is 2.71. The van der Waals surface area contributed by atoms with E-state index < -0.39 is 5.60 Å². The van der Waals surface area contributed by atoms with Crippen LogP contribution in [0.2, 0.25) is 0 Å². The van der Waals surface area contributed by atoms with Crippen LogP contribution in [0.1, 0.15) is 73.1 Å². The van der Waals surface area contributed by atoms with Gasteiger partial charge in [0.25, 0.3) is 5.91 Å². The Morgan fingerprint density at radius 1 is 1.18 bits per heavy atom. The second kappa shape index (κ2) is 11.8. The number of aryl methyl sites for hydroxylation is 1. The summed E-state index contributed by atoms with van der Waals surface area (Å²) in [6.45, 7) is 7.63. The van der Waals surface area contributed by atoms with Crippen LogP contribution in [0.4, 0.5) is 4.39 Å². The van der Waals surface area contributed by atoms with Crippen LogP contribution in [-0.4, -0.2) is 54.0 Å². The molecule has 39 heavy (non-hydrogen) atoms. The van der Waals surface area contributed by atoms with Crippen LogP contribution < -0.4 is 16.2 Å². The first-order chi connectivity index (χ1) is 18.5. The Morgan fingerprint density at radius 3 is 2.64 bits per heavy atom. The first-order valence-electron chi connectivity index (χ1n) is 13.5. The highest BCUT2D eigenvalue weighted by Crippen LogP contribution is 2.41. The highest BCUT2D eigenvalue weighted by molar-refractivity contribution is 5.96. The van der Waals surface area contributed by atoms with Crippen LogP contribution in [0, 0.1) is 18.7 Å². The number of amides is 3. The Morgan fingerprint density at radius 2 is 1.95 bits per heavy atom. The predicted molar refractivity (Wildman–Crippen MR) is 146 cm³/mol. The minimum atomic E-state index is -0.613. The molecule has 3 amide bonds. The smallest absolute Gasteiger partial charge is 0.251 e. The number of benzene rings is 2. The number of carbonyl (C=O) groups is 3. The van der Waals surface area contributed by atoms with E-state index in [1.807, 2.05) is 39.8 Å². The molecular formula is C30H39FN4O4. The van der Waals surface area contributed by atoms with Crippen molar-refractivity contribution < 1.29 is 23.5 Å².